The van der Waals surface area contributed by atoms with Gasteiger partial charge in [-0.3, -0.25) is 4.79 Å². The number of Topliss-reactive ketones (excluding diaryl/α,β-unsaturated/α-hetero) is 1. The van der Waals surface area contributed by atoms with Crippen LogP contribution in [0.3, 0.4) is 0 Å². The molecule has 19 heavy (non-hydrogen) atoms. The van der Waals surface area contributed by atoms with E-state index in [9.17, 15) is 13.6 Å². The summed E-state index contributed by atoms with van der Waals surface area (Å²) >= 11 is 0. The molecular formula is C16H18F2O. The van der Waals surface area contributed by atoms with E-state index in [2.05, 4.69) is 0 Å². The molecule has 1 aromatic rings. The molecule has 0 amide bonds. The summed E-state index contributed by atoms with van der Waals surface area (Å²) in [6.45, 7) is 1.56. The maximum atomic E-state index is 13.9. The van der Waals surface area contributed by atoms with Crippen molar-refractivity contribution in [3.8, 4) is 0 Å². The number of rotatable bonds is 3. The topological polar surface area (TPSA) is 17.1 Å². The fourth-order valence-electron chi connectivity index (χ4n) is 3.88. The minimum absolute atomic E-state index is 0.304. The van der Waals surface area contributed by atoms with Crippen molar-refractivity contribution in [3.63, 3.8) is 0 Å². The Balaban J connectivity index is 1.79. The lowest BCUT2D eigenvalue weighted by Gasteiger charge is -2.21. The molecule has 3 unspecified atom stereocenters. The zero-order valence-corrected chi connectivity index (χ0v) is 11.1. The zero-order valence-electron chi connectivity index (χ0n) is 11.1. The number of carbonyl (C=O) groups is 1. The zero-order chi connectivity index (χ0) is 13.6. The van der Waals surface area contributed by atoms with Crippen LogP contribution in [0.2, 0.25) is 0 Å². The van der Waals surface area contributed by atoms with Gasteiger partial charge in [0.05, 0.1) is 5.56 Å². The highest BCUT2D eigenvalue weighted by atomic mass is 19.1. The van der Waals surface area contributed by atoms with Crippen LogP contribution in [0.15, 0.2) is 12.1 Å². The fourth-order valence-corrected chi connectivity index (χ4v) is 3.88. The van der Waals surface area contributed by atoms with Gasteiger partial charge in [-0.05, 0) is 55.6 Å². The molecule has 0 saturated heterocycles. The second-order valence-electron chi connectivity index (χ2n) is 6.12. The van der Waals surface area contributed by atoms with Crippen LogP contribution in [0.4, 0.5) is 8.78 Å². The van der Waals surface area contributed by atoms with E-state index < -0.39 is 11.6 Å². The molecule has 1 nitrogen and oxygen atoms in total. The Morgan fingerprint density at radius 2 is 2.05 bits per heavy atom. The van der Waals surface area contributed by atoms with Crippen LogP contribution in [-0.4, -0.2) is 5.78 Å². The molecule has 2 aliphatic rings. The van der Waals surface area contributed by atoms with Gasteiger partial charge in [0.2, 0.25) is 0 Å². The molecule has 2 bridgehead atoms. The van der Waals surface area contributed by atoms with Gasteiger partial charge >= 0.3 is 0 Å². The van der Waals surface area contributed by atoms with Gasteiger partial charge in [-0.2, -0.15) is 0 Å². The number of halogens is 2. The van der Waals surface area contributed by atoms with Gasteiger partial charge in [0, 0.05) is 6.42 Å². The molecule has 0 spiro atoms. The van der Waals surface area contributed by atoms with Crippen molar-refractivity contribution in [2.24, 2.45) is 17.8 Å². The summed E-state index contributed by atoms with van der Waals surface area (Å²) in [7, 11) is 0. The second-order valence-corrected chi connectivity index (χ2v) is 6.12. The van der Waals surface area contributed by atoms with Crippen molar-refractivity contribution in [3.05, 3.63) is 34.9 Å². The third kappa shape index (κ3) is 2.19. The Labute approximate surface area is 112 Å². The van der Waals surface area contributed by atoms with Crippen LogP contribution in [0, 0.1) is 36.3 Å². The number of benzene rings is 1. The Morgan fingerprint density at radius 1 is 1.26 bits per heavy atom. The molecule has 2 fully saturated rings. The van der Waals surface area contributed by atoms with Gasteiger partial charge in [-0.25, -0.2) is 8.78 Å². The first-order chi connectivity index (χ1) is 9.06. The van der Waals surface area contributed by atoms with Crippen LogP contribution >= 0.6 is 0 Å². The number of fused-ring (bicyclic) bond motifs is 2. The summed E-state index contributed by atoms with van der Waals surface area (Å²) in [6, 6.07) is 2.56. The van der Waals surface area contributed by atoms with E-state index in [4.69, 9.17) is 0 Å². The number of carbonyl (C=O) groups excluding carboxylic acids is 1. The van der Waals surface area contributed by atoms with E-state index in [-0.39, 0.29) is 11.3 Å². The molecule has 2 aliphatic carbocycles. The van der Waals surface area contributed by atoms with E-state index in [0.717, 1.165) is 12.3 Å². The molecule has 2 saturated carbocycles. The SMILES string of the molecule is Cc1ccc(F)c(C(=O)CC2CC3CCC2C3)c1F. The smallest absolute Gasteiger partial charge is 0.169 e. The molecule has 1 aromatic carbocycles. The fraction of sp³-hybridized carbons (Fsp3) is 0.562. The Bertz CT molecular complexity index is 524. The lowest BCUT2D eigenvalue weighted by Crippen LogP contribution is -2.17. The van der Waals surface area contributed by atoms with Crippen LogP contribution < -0.4 is 0 Å². The highest BCUT2D eigenvalue weighted by molar-refractivity contribution is 5.97. The van der Waals surface area contributed by atoms with E-state index in [1.54, 1.807) is 6.92 Å². The molecule has 0 aliphatic heterocycles. The summed E-state index contributed by atoms with van der Waals surface area (Å²) in [6.07, 6.45) is 5.02. The van der Waals surface area contributed by atoms with Crippen molar-refractivity contribution in [2.45, 2.75) is 39.0 Å². The summed E-state index contributed by atoms with van der Waals surface area (Å²) in [5.74, 6) is -0.0916. The summed E-state index contributed by atoms with van der Waals surface area (Å²) in [4.78, 5) is 12.2. The number of ketones is 1. The van der Waals surface area contributed by atoms with Crippen LogP contribution in [0.5, 0.6) is 0 Å². The van der Waals surface area contributed by atoms with E-state index in [1.807, 2.05) is 0 Å². The normalized spacial score (nSPS) is 28.9. The molecule has 3 heteroatoms. The highest BCUT2D eigenvalue weighted by Crippen LogP contribution is 2.49. The standard InChI is InChI=1S/C16H18F2O/c1-9-2-5-13(17)15(16(9)18)14(19)8-12-7-10-3-4-11(12)6-10/h2,5,10-12H,3-4,6-8H2,1H3. The van der Waals surface area contributed by atoms with Gasteiger partial charge in [0.1, 0.15) is 11.6 Å². The number of hydrogen-bond donors (Lipinski definition) is 0. The van der Waals surface area contributed by atoms with Crippen LogP contribution in [0.25, 0.3) is 0 Å². The lowest BCUT2D eigenvalue weighted by molar-refractivity contribution is 0.0935. The third-order valence-corrected chi connectivity index (χ3v) is 4.90. The second kappa shape index (κ2) is 4.69. The highest BCUT2D eigenvalue weighted by Gasteiger charge is 2.40. The summed E-state index contributed by atoms with van der Waals surface area (Å²) < 4.78 is 27.6. The van der Waals surface area contributed by atoms with E-state index in [1.165, 1.54) is 31.4 Å². The van der Waals surface area contributed by atoms with Gasteiger partial charge < -0.3 is 0 Å². The van der Waals surface area contributed by atoms with Gasteiger partial charge in [-0.1, -0.05) is 12.5 Å². The number of aryl methyl sites for hydroxylation is 1. The summed E-state index contributed by atoms with van der Waals surface area (Å²) in [5, 5.41) is 0. The molecule has 0 N–H and O–H groups in total. The van der Waals surface area contributed by atoms with Crippen molar-refractivity contribution in [1.29, 1.82) is 0 Å². The first kappa shape index (κ1) is 12.8. The molecular weight excluding hydrogens is 246 g/mol. The molecule has 102 valence electrons. The van der Waals surface area contributed by atoms with Crippen molar-refractivity contribution in [2.75, 3.05) is 0 Å². The third-order valence-electron chi connectivity index (χ3n) is 4.90. The maximum Gasteiger partial charge on any atom is 0.169 e. The maximum absolute atomic E-state index is 13.9. The molecule has 3 atom stereocenters. The largest absolute Gasteiger partial charge is 0.294 e. The number of hydrogen-bond acceptors (Lipinski definition) is 1. The quantitative estimate of drug-likeness (QED) is 0.745. The minimum atomic E-state index is -0.726. The predicted octanol–water partition coefficient (Wildman–Crippen LogP) is 4.28. The average Bonchev–Trinajstić information content (AvgIpc) is 2.96. The van der Waals surface area contributed by atoms with Gasteiger partial charge in [-0.15, -0.1) is 0 Å². The van der Waals surface area contributed by atoms with Crippen molar-refractivity contribution in [1.82, 2.24) is 0 Å². The van der Waals surface area contributed by atoms with Gasteiger partial charge in [0.25, 0.3) is 0 Å². The first-order valence-corrected chi connectivity index (χ1v) is 7.04. The van der Waals surface area contributed by atoms with Crippen LogP contribution in [0.1, 0.15) is 48.0 Å². The monoisotopic (exact) mass is 264 g/mol. The van der Waals surface area contributed by atoms with Crippen molar-refractivity contribution >= 4 is 5.78 Å². The van der Waals surface area contributed by atoms with E-state index >= 15 is 0 Å². The minimum Gasteiger partial charge on any atom is -0.294 e. The van der Waals surface area contributed by atoms with Crippen LogP contribution in [-0.2, 0) is 0 Å². The Morgan fingerprint density at radius 3 is 2.68 bits per heavy atom. The average molecular weight is 264 g/mol. The first-order valence-electron chi connectivity index (χ1n) is 7.04. The van der Waals surface area contributed by atoms with Crippen molar-refractivity contribution < 1.29 is 13.6 Å². The Kier molecular flexibility index (Phi) is 3.15. The predicted molar refractivity (Wildman–Crippen MR) is 69.0 cm³/mol. The molecule has 0 aromatic heterocycles. The Hall–Kier alpha value is -1.25. The molecule has 0 heterocycles. The molecule has 3 rings (SSSR count). The summed E-state index contributed by atoms with van der Waals surface area (Å²) in [5.41, 5.74) is 0.000432. The van der Waals surface area contributed by atoms with E-state index in [0.29, 0.717) is 23.8 Å². The molecule has 0 radical (unpaired) electrons. The van der Waals surface area contributed by atoms with Gasteiger partial charge in [0.15, 0.2) is 5.78 Å². The lowest BCUT2D eigenvalue weighted by atomic mass is 9.84.